The second-order valence-electron chi connectivity index (χ2n) is 5.01. The van der Waals surface area contributed by atoms with E-state index in [2.05, 4.69) is 10.3 Å². The number of rotatable bonds is 4. The second kappa shape index (κ2) is 6.67. The van der Waals surface area contributed by atoms with E-state index in [9.17, 15) is 9.18 Å². The summed E-state index contributed by atoms with van der Waals surface area (Å²) < 4.78 is 18.9. The van der Waals surface area contributed by atoms with Crippen molar-refractivity contribution in [2.45, 2.75) is 6.92 Å². The van der Waals surface area contributed by atoms with Crippen LogP contribution in [0.4, 0.5) is 15.2 Å². The molecule has 0 saturated carbocycles. The Balaban J connectivity index is 1.74. The van der Waals surface area contributed by atoms with Crippen LogP contribution >= 0.6 is 11.3 Å². The van der Waals surface area contributed by atoms with Gasteiger partial charge in [-0.15, -0.1) is 0 Å². The summed E-state index contributed by atoms with van der Waals surface area (Å²) in [5, 5.41) is 3.95. The molecule has 7 heteroatoms. The van der Waals surface area contributed by atoms with E-state index < -0.39 is 11.9 Å². The number of pyridine rings is 1. The summed E-state index contributed by atoms with van der Waals surface area (Å²) in [6.07, 6.45) is 0. The van der Waals surface area contributed by atoms with Crippen molar-refractivity contribution < 1.29 is 13.9 Å². The van der Waals surface area contributed by atoms with Crippen molar-refractivity contribution >= 4 is 28.1 Å². The zero-order valence-corrected chi connectivity index (χ0v) is 13.6. The number of hydrogen-bond acceptors (Lipinski definition) is 5. The molecule has 0 aliphatic rings. The van der Waals surface area contributed by atoms with Crippen LogP contribution in [0, 0.1) is 12.9 Å². The molecule has 2 aromatic heterocycles. The Morgan fingerprint density at radius 1 is 1.25 bits per heavy atom. The van der Waals surface area contributed by atoms with Gasteiger partial charge in [-0.05, 0) is 42.8 Å². The quantitative estimate of drug-likeness (QED) is 0.696. The molecule has 3 rings (SSSR count). The van der Waals surface area contributed by atoms with Gasteiger partial charge in [-0.1, -0.05) is 29.5 Å². The lowest BCUT2D eigenvalue weighted by molar-refractivity contribution is 0.102. The number of benzene rings is 1. The Morgan fingerprint density at radius 3 is 2.71 bits per heavy atom. The Bertz CT molecular complexity index is 858. The molecule has 1 aromatic carbocycles. The van der Waals surface area contributed by atoms with Crippen LogP contribution in [-0.4, -0.2) is 10.9 Å². The number of carbonyl (C=O) groups is 1. The van der Waals surface area contributed by atoms with E-state index >= 15 is 0 Å². The molecule has 0 aliphatic carbocycles. The zero-order valence-electron chi connectivity index (χ0n) is 12.7. The third kappa shape index (κ3) is 3.52. The number of thiophene rings is 1. The summed E-state index contributed by atoms with van der Waals surface area (Å²) >= 11 is 1.28. The van der Waals surface area contributed by atoms with Gasteiger partial charge in [0.15, 0.2) is 5.06 Å². The fourth-order valence-electron chi connectivity index (χ4n) is 2.17. The molecule has 0 spiro atoms. The number of aromatic nitrogens is 1. The SMILES string of the molecule is Cc1cc(F)nc(N)c1C(=O)Nc1ccc(Oc2ccccc2)s1. The van der Waals surface area contributed by atoms with Gasteiger partial charge in [-0.2, -0.15) is 4.39 Å². The van der Waals surface area contributed by atoms with Crippen molar-refractivity contribution in [2.24, 2.45) is 0 Å². The number of ether oxygens (including phenoxy) is 1. The monoisotopic (exact) mass is 343 g/mol. The van der Waals surface area contributed by atoms with Gasteiger partial charge in [0.05, 0.1) is 10.6 Å². The first-order valence-corrected chi connectivity index (χ1v) is 7.91. The summed E-state index contributed by atoms with van der Waals surface area (Å²) in [6, 6.07) is 14.0. The van der Waals surface area contributed by atoms with Crippen LogP contribution in [0.1, 0.15) is 15.9 Å². The van der Waals surface area contributed by atoms with Crippen molar-refractivity contribution in [1.82, 2.24) is 4.98 Å². The minimum atomic E-state index is -0.712. The molecule has 24 heavy (non-hydrogen) atoms. The van der Waals surface area contributed by atoms with Gasteiger partial charge in [0.1, 0.15) is 11.6 Å². The number of aryl methyl sites for hydroxylation is 1. The molecule has 0 fully saturated rings. The number of halogens is 1. The van der Waals surface area contributed by atoms with Crippen molar-refractivity contribution in [3.05, 3.63) is 65.6 Å². The number of nitrogens with one attached hydrogen (secondary N) is 1. The minimum absolute atomic E-state index is 0.137. The first kappa shape index (κ1) is 15.9. The fraction of sp³-hybridized carbons (Fsp3) is 0.0588. The highest BCUT2D eigenvalue weighted by molar-refractivity contribution is 7.18. The predicted molar refractivity (Wildman–Crippen MR) is 92.1 cm³/mol. The number of nitrogens with zero attached hydrogens (tertiary/aromatic N) is 1. The standard InChI is InChI=1S/C17H14FN3O2S/c1-10-9-12(18)20-16(19)15(10)17(22)21-13-7-8-14(24-13)23-11-5-3-2-4-6-11/h2-9H,1H3,(H2,19,20)(H,21,22). The fourth-order valence-corrected chi connectivity index (χ4v) is 2.94. The molecule has 5 nitrogen and oxygen atoms in total. The third-order valence-electron chi connectivity index (χ3n) is 3.22. The molecule has 1 amide bonds. The van der Waals surface area contributed by atoms with Crippen LogP contribution in [0.2, 0.25) is 0 Å². The lowest BCUT2D eigenvalue weighted by Crippen LogP contribution is -2.16. The van der Waals surface area contributed by atoms with Gasteiger partial charge < -0.3 is 15.8 Å². The number of carbonyl (C=O) groups excluding carboxylic acids is 1. The topological polar surface area (TPSA) is 77.2 Å². The van der Waals surface area contributed by atoms with Gasteiger partial charge >= 0.3 is 0 Å². The Kier molecular flexibility index (Phi) is 4.43. The normalized spacial score (nSPS) is 10.4. The number of hydrogen-bond donors (Lipinski definition) is 2. The first-order valence-electron chi connectivity index (χ1n) is 7.09. The molecule has 3 aromatic rings. The molecule has 122 valence electrons. The van der Waals surface area contributed by atoms with Gasteiger partial charge in [0.25, 0.3) is 5.91 Å². The molecule has 3 N–H and O–H groups in total. The van der Waals surface area contributed by atoms with E-state index in [0.29, 0.717) is 21.4 Å². The molecule has 0 atom stereocenters. The number of anilines is 2. The molecule has 0 saturated heterocycles. The molecule has 0 aliphatic heterocycles. The predicted octanol–water partition coefficient (Wildman–Crippen LogP) is 4.22. The number of nitrogen functional groups attached to an aromatic ring is 1. The summed E-state index contributed by atoms with van der Waals surface area (Å²) in [4.78, 5) is 15.8. The average molecular weight is 343 g/mol. The number of amides is 1. The average Bonchev–Trinajstić information content (AvgIpc) is 2.94. The highest BCUT2D eigenvalue weighted by atomic mass is 32.1. The highest BCUT2D eigenvalue weighted by Crippen LogP contribution is 2.33. The van der Waals surface area contributed by atoms with E-state index in [4.69, 9.17) is 10.5 Å². The lowest BCUT2D eigenvalue weighted by Gasteiger charge is -2.08. The van der Waals surface area contributed by atoms with E-state index in [1.807, 2.05) is 30.3 Å². The van der Waals surface area contributed by atoms with Crippen molar-refractivity contribution in [3.8, 4) is 10.8 Å². The highest BCUT2D eigenvalue weighted by Gasteiger charge is 2.16. The lowest BCUT2D eigenvalue weighted by atomic mass is 10.1. The molecule has 0 radical (unpaired) electrons. The molecular weight excluding hydrogens is 329 g/mol. The maximum absolute atomic E-state index is 13.2. The number of nitrogens with two attached hydrogens (primary N) is 1. The Labute approximate surface area is 141 Å². The van der Waals surface area contributed by atoms with Crippen molar-refractivity contribution in [3.63, 3.8) is 0 Å². The maximum atomic E-state index is 13.2. The van der Waals surface area contributed by atoms with Crippen LogP contribution in [0.5, 0.6) is 10.8 Å². The van der Waals surface area contributed by atoms with Crippen molar-refractivity contribution in [1.29, 1.82) is 0 Å². The van der Waals surface area contributed by atoms with Gasteiger partial charge in [0, 0.05) is 0 Å². The summed E-state index contributed by atoms with van der Waals surface area (Å²) in [5.74, 6) is -0.579. The smallest absolute Gasteiger partial charge is 0.260 e. The van der Waals surface area contributed by atoms with Crippen molar-refractivity contribution in [2.75, 3.05) is 11.1 Å². The second-order valence-corrected chi connectivity index (χ2v) is 6.06. The number of para-hydroxylation sites is 1. The Morgan fingerprint density at radius 2 is 2.00 bits per heavy atom. The van der Waals surface area contributed by atoms with Crippen LogP contribution in [-0.2, 0) is 0 Å². The molecular formula is C17H14FN3O2S. The van der Waals surface area contributed by atoms with E-state index in [-0.39, 0.29) is 11.4 Å². The van der Waals surface area contributed by atoms with Crippen LogP contribution in [0.15, 0.2) is 48.5 Å². The van der Waals surface area contributed by atoms with Crippen LogP contribution in [0.25, 0.3) is 0 Å². The van der Waals surface area contributed by atoms with E-state index in [1.54, 1.807) is 19.1 Å². The van der Waals surface area contributed by atoms with Crippen LogP contribution in [0.3, 0.4) is 0 Å². The maximum Gasteiger partial charge on any atom is 0.260 e. The summed E-state index contributed by atoms with van der Waals surface area (Å²) in [5.41, 5.74) is 6.24. The van der Waals surface area contributed by atoms with E-state index in [1.165, 1.54) is 17.4 Å². The largest absolute Gasteiger partial charge is 0.447 e. The minimum Gasteiger partial charge on any atom is -0.447 e. The van der Waals surface area contributed by atoms with Crippen LogP contribution < -0.4 is 15.8 Å². The summed E-state index contributed by atoms with van der Waals surface area (Å²) in [7, 11) is 0. The Hall–Kier alpha value is -2.93. The molecule has 0 bridgehead atoms. The summed E-state index contributed by atoms with van der Waals surface area (Å²) in [6.45, 7) is 1.61. The third-order valence-corrected chi connectivity index (χ3v) is 4.10. The van der Waals surface area contributed by atoms with Gasteiger partial charge in [-0.25, -0.2) is 4.98 Å². The molecule has 0 unspecified atom stereocenters. The first-order chi connectivity index (χ1) is 11.5. The van der Waals surface area contributed by atoms with Gasteiger partial charge in [0.2, 0.25) is 5.95 Å². The zero-order chi connectivity index (χ0) is 17.1. The van der Waals surface area contributed by atoms with E-state index in [0.717, 1.165) is 0 Å². The molecule has 2 heterocycles. The van der Waals surface area contributed by atoms with Gasteiger partial charge in [-0.3, -0.25) is 4.79 Å².